The Morgan fingerprint density at radius 2 is 1.65 bits per heavy atom. The molecule has 1 aliphatic heterocycles. The van der Waals surface area contributed by atoms with Crippen molar-refractivity contribution in [3.8, 4) is 17.2 Å². The van der Waals surface area contributed by atoms with Gasteiger partial charge in [-0.1, -0.05) is 18.2 Å². The molecular weight excluding hydrogens is 508 g/mol. The Morgan fingerprint density at radius 3 is 2.30 bits per heavy atom. The Balaban J connectivity index is 1.49. The number of fused-ring (bicyclic) bond motifs is 2. The molecule has 1 amide bonds. The minimum Gasteiger partial charge on any atom is -0.493 e. The standard InChI is InChI=1S/C32H36N2O6/c1-19-9-8-10-20(2)34(19)28(35)18-40-32(36)29-23-11-6-7-12-25(23)33-30-22(13-14-24(29)30)15-21-16-26(37-3)31(39-5)27(17-21)38-4/h6-7,11-12,15-17,19-20H,8-10,13-14,18H2,1-5H3/b22-15-/t19-,20-/m1/s1. The lowest BCUT2D eigenvalue weighted by Crippen LogP contribution is -2.49. The van der Waals surface area contributed by atoms with Gasteiger partial charge in [0, 0.05) is 17.5 Å². The fraction of sp³-hybridized carbons (Fsp3) is 0.406. The van der Waals surface area contributed by atoms with E-state index in [4.69, 9.17) is 23.9 Å². The first-order valence-electron chi connectivity index (χ1n) is 13.8. The molecule has 1 saturated heterocycles. The first-order chi connectivity index (χ1) is 19.4. The van der Waals surface area contributed by atoms with Gasteiger partial charge >= 0.3 is 5.97 Å². The van der Waals surface area contributed by atoms with Crippen molar-refractivity contribution < 1.29 is 28.5 Å². The summed E-state index contributed by atoms with van der Waals surface area (Å²) in [5, 5.41) is 0.729. The summed E-state index contributed by atoms with van der Waals surface area (Å²) in [7, 11) is 4.74. The second kappa shape index (κ2) is 11.6. The molecule has 40 heavy (non-hydrogen) atoms. The number of nitrogens with zero attached hydrogens (tertiary/aromatic N) is 2. The van der Waals surface area contributed by atoms with Gasteiger partial charge in [-0.25, -0.2) is 9.78 Å². The summed E-state index contributed by atoms with van der Waals surface area (Å²) in [4.78, 5) is 33.5. The van der Waals surface area contributed by atoms with Gasteiger partial charge in [-0.15, -0.1) is 0 Å². The number of piperidine rings is 1. The third kappa shape index (κ3) is 5.10. The van der Waals surface area contributed by atoms with Crippen molar-refractivity contribution in [3.05, 3.63) is 58.8 Å². The molecule has 0 unspecified atom stereocenters. The molecule has 8 nitrogen and oxygen atoms in total. The minimum atomic E-state index is -0.491. The molecule has 3 aromatic rings. The van der Waals surface area contributed by atoms with Crippen LogP contribution < -0.4 is 14.2 Å². The van der Waals surface area contributed by atoms with Crippen molar-refractivity contribution in [2.45, 2.75) is 58.0 Å². The molecule has 0 bridgehead atoms. The number of carbonyl (C=O) groups excluding carboxylic acids is 2. The van der Waals surface area contributed by atoms with Gasteiger partial charge in [-0.3, -0.25) is 4.79 Å². The van der Waals surface area contributed by atoms with E-state index in [-0.39, 0.29) is 24.6 Å². The Hall–Kier alpha value is -4.07. The molecule has 2 aliphatic rings. The number of rotatable bonds is 7. The quantitative estimate of drug-likeness (QED) is 0.353. The first kappa shape index (κ1) is 27.5. The van der Waals surface area contributed by atoms with Gasteiger partial charge in [0.05, 0.1) is 38.1 Å². The van der Waals surface area contributed by atoms with E-state index in [0.717, 1.165) is 47.0 Å². The lowest BCUT2D eigenvalue weighted by Gasteiger charge is -2.38. The maximum absolute atomic E-state index is 13.6. The summed E-state index contributed by atoms with van der Waals surface area (Å²) in [5.74, 6) is 1.01. The molecule has 1 aliphatic carbocycles. The molecule has 0 saturated carbocycles. The second-order valence-corrected chi connectivity index (χ2v) is 10.5. The Bertz CT molecular complexity index is 1440. The van der Waals surface area contributed by atoms with Crippen LogP contribution in [0.25, 0.3) is 22.6 Å². The molecule has 0 radical (unpaired) electrons. The fourth-order valence-electron chi connectivity index (χ4n) is 6.08. The maximum atomic E-state index is 13.6. The zero-order valence-corrected chi connectivity index (χ0v) is 23.8. The highest BCUT2D eigenvalue weighted by atomic mass is 16.5. The second-order valence-electron chi connectivity index (χ2n) is 10.5. The lowest BCUT2D eigenvalue weighted by atomic mass is 9.97. The number of hydrogen-bond donors (Lipinski definition) is 0. The summed E-state index contributed by atoms with van der Waals surface area (Å²) in [6.07, 6.45) is 6.42. The van der Waals surface area contributed by atoms with Gasteiger partial charge in [0.2, 0.25) is 5.75 Å². The van der Waals surface area contributed by atoms with Crippen LogP contribution in [0.5, 0.6) is 17.2 Å². The van der Waals surface area contributed by atoms with Crippen molar-refractivity contribution >= 4 is 34.4 Å². The summed E-state index contributed by atoms with van der Waals surface area (Å²) < 4.78 is 22.2. The molecular formula is C32H36N2O6. The number of hydrogen-bond acceptors (Lipinski definition) is 7. The molecule has 210 valence electrons. The average Bonchev–Trinajstić information content (AvgIpc) is 3.35. The summed E-state index contributed by atoms with van der Waals surface area (Å²) in [5.41, 5.74) is 4.67. The number of allylic oxidation sites excluding steroid dienone is 1. The van der Waals surface area contributed by atoms with Gasteiger partial charge in [-0.2, -0.15) is 0 Å². The SMILES string of the molecule is COc1cc(/C=C2/CCc3c2nc2ccccc2c3C(=O)OCC(=O)N2[C@H](C)CCC[C@H]2C)cc(OC)c1OC. The predicted molar refractivity (Wildman–Crippen MR) is 154 cm³/mol. The van der Waals surface area contributed by atoms with E-state index in [1.54, 1.807) is 21.3 Å². The zero-order valence-electron chi connectivity index (χ0n) is 23.8. The molecule has 2 atom stereocenters. The summed E-state index contributed by atoms with van der Waals surface area (Å²) >= 11 is 0. The topological polar surface area (TPSA) is 87.2 Å². The molecule has 0 spiro atoms. The van der Waals surface area contributed by atoms with E-state index < -0.39 is 5.97 Å². The number of pyridine rings is 1. The van der Waals surface area contributed by atoms with Crippen LogP contribution in [0.4, 0.5) is 0 Å². The predicted octanol–water partition coefficient (Wildman–Crippen LogP) is 5.69. The number of para-hydroxylation sites is 1. The van der Waals surface area contributed by atoms with Gasteiger partial charge in [0.1, 0.15) is 0 Å². The van der Waals surface area contributed by atoms with Crippen molar-refractivity contribution in [1.29, 1.82) is 0 Å². The highest BCUT2D eigenvalue weighted by Crippen LogP contribution is 2.41. The Kier molecular flexibility index (Phi) is 7.96. The van der Waals surface area contributed by atoms with Crippen molar-refractivity contribution in [3.63, 3.8) is 0 Å². The smallest absolute Gasteiger partial charge is 0.339 e. The van der Waals surface area contributed by atoms with Gasteiger partial charge in [0.25, 0.3) is 5.91 Å². The largest absolute Gasteiger partial charge is 0.493 e. The molecule has 0 N–H and O–H groups in total. The monoisotopic (exact) mass is 544 g/mol. The van der Waals surface area contributed by atoms with Crippen molar-refractivity contribution in [2.75, 3.05) is 27.9 Å². The van der Waals surface area contributed by atoms with Gasteiger partial charge in [0.15, 0.2) is 18.1 Å². The Morgan fingerprint density at radius 1 is 0.975 bits per heavy atom. The number of carbonyl (C=O) groups is 2. The van der Waals surface area contributed by atoms with Crippen LogP contribution in [-0.4, -0.2) is 61.8 Å². The third-order valence-corrected chi connectivity index (χ3v) is 7.98. The van der Waals surface area contributed by atoms with Crippen LogP contribution in [0, 0.1) is 0 Å². The molecule has 5 rings (SSSR count). The van der Waals surface area contributed by atoms with E-state index >= 15 is 0 Å². The van der Waals surface area contributed by atoms with Gasteiger partial charge in [-0.05, 0) is 86.9 Å². The minimum absolute atomic E-state index is 0.142. The first-order valence-corrected chi connectivity index (χ1v) is 13.8. The van der Waals surface area contributed by atoms with Crippen LogP contribution in [0.2, 0.25) is 0 Å². The number of esters is 1. The van der Waals surface area contributed by atoms with Crippen LogP contribution in [0.15, 0.2) is 36.4 Å². The summed E-state index contributed by atoms with van der Waals surface area (Å²) in [6, 6.07) is 11.6. The summed E-state index contributed by atoms with van der Waals surface area (Å²) in [6.45, 7) is 3.84. The number of likely N-dealkylation sites (tertiary alicyclic amines) is 1. The van der Waals surface area contributed by atoms with Crippen LogP contribution in [0.3, 0.4) is 0 Å². The number of benzene rings is 2. The number of ether oxygens (including phenoxy) is 4. The van der Waals surface area contributed by atoms with Crippen LogP contribution >= 0.6 is 0 Å². The van der Waals surface area contributed by atoms with E-state index in [1.165, 1.54) is 0 Å². The molecule has 2 aromatic carbocycles. The highest BCUT2D eigenvalue weighted by molar-refractivity contribution is 6.07. The number of aromatic nitrogens is 1. The molecule has 8 heteroatoms. The molecule has 1 aromatic heterocycles. The average molecular weight is 545 g/mol. The third-order valence-electron chi connectivity index (χ3n) is 7.98. The van der Waals surface area contributed by atoms with E-state index in [9.17, 15) is 9.59 Å². The zero-order chi connectivity index (χ0) is 28.4. The van der Waals surface area contributed by atoms with E-state index in [2.05, 4.69) is 13.8 Å². The number of methoxy groups -OCH3 is 3. The highest BCUT2D eigenvalue weighted by Gasteiger charge is 2.31. The van der Waals surface area contributed by atoms with Crippen LogP contribution in [0.1, 0.15) is 66.7 Å². The number of amides is 1. The Labute approximate surface area is 234 Å². The fourth-order valence-corrected chi connectivity index (χ4v) is 6.08. The normalized spacial score (nSPS) is 19.4. The van der Waals surface area contributed by atoms with Crippen LogP contribution in [-0.2, 0) is 16.0 Å². The van der Waals surface area contributed by atoms with E-state index in [0.29, 0.717) is 41.2 Å². The maximum Gasteiger partial charge on any atom is 0.339 e. The molecule has 2 heterocycles. The van der Waals surface area contributed by atoms with Crippen molar-refractivity contribution in [1.82, 2.24) is 9.88 Å². The lowest BCUT2D eigenvalue weighted by molar-refractivity contribution is -0.140. The molecule has 1 fully saturated rings. The van der Waals surface area contributed by atoms with Crippen molar-refractivity contribution in [2.24, 2.45) is 0 Å². The van der Waals surface area contributed by atoms with Gasteiger partial charge < -0.3 is 23.8 Å². The van der Waals surface area contributed by atoms with E-state index in [1.807, 2.05) is 47.4 Å².